The highest BCUT2D eigenvalue weighted by molar-refractivity contribution is 6.08. The lowest BCUT2D eigenvalue weighted by atomic mass is 10.1. The quantitative estimate of drug-likeness (QED) is 0.395. The smallest absolute Gasteiger partial charge is 0.208 e. The van der Waals surface area contributed by atoms with E-state index >= 15 is 0 Å². The summed E-state index contributed by atoms with van der Waals surface area (Å²) in [7, 11) is 0. The minimum atomic E-state index is 0.0540. The van der Waals surface area contributed by atoms with Crippen LogP contribution in [0.1, 0.15) is 23.7 Å². The molecule has 2 fully saturated rings. The second-order valence-electron chi connectivity index (χ2n) is 6.78. The molecule has 0 N–H and O–H groups in total. The van der Waals surface area contributed by atoms with Crippen molar-refractivity contribution in [1.82, 2.24) is 9.80 Å². The lowest BCUT2D eigenvalue weighted by Gasteiger charge is -2.30. The van der Waals surface area contributed by atoms with Crippen molar-refractivity contribution in [3.63, 3.8) is 0 Å². The lowest BCUT2D eigenvalue weighted by Crippen LogP contribution is -2.38. The van der Waals surface area contributed by atoms with Gasteiger partial charge in [-0.3, -0.25) is 9.69 Å². The van der Waals surface area contributed by atoms with Gasteiger partial charge in [-0.1, -0.05) is 6.08 Å². The van der Waals surface area contributed by atoms with Crippen molar-refractivity contribution in [3.8, 4) is 5.75 Å². The fourth-order valence-electron chi connectivity index (χ4n) is 3.41. The molecule has 2 heterocycles. The molecule has 0 unspecified atom stereocenters. The number of ether oxygens (including phenoxy) is 3. The van der Waals surface area contributed by atoms with Crippen molar-refractivity contribution >= 4 is 5.78 Å². The van der Waals surface area contributed by atoms with Crippen molar-refractivity contribution in [1.29, 1.82) is 0 Å². The molecule has 0 aromatic heterocycles. The predicted octanol–water partition coefficient (Wildman–Crippen LogP) is 2.21. The number of rotatable bonds is 8. The first-order chi connectivity index (χ1) is 13.3. The van der Waals surface area contributed by atoms with Crippen LogP contribution in [0, 0.1) is 0 Å². The summed E-state index contributed by atoms with van der Waals surface area (Å²) in [6.45, 7) is 10.1. The monoisotopic (exact) mass is 374 g/mol. The lowest BCUT2D eigenvalue weighted by molar-refractivity contribution is 0.0358. The van der Waals surface area contributed by atoms with E-state index in [2.05, 4.69) is 9.80 Å². The van der Waals surface area contributed by atoms with Gasteiger partial charge in [-0.25, -0.2) is 0 Å². The van der Waals surface area contributed by atoms with Crippen LogP contribution in [0.4, 0.5) is 0 Å². The second-order valence-corrected chi connectivity index (χ2v) is 6.78. The molecule has 0 aliphatic carbocycles. The van der Waals surface area contributed by atoms with Crippen LogP contribution in [0.5, 0.6) is 5.75 Å². The van der Waals surface area contributed by atoms with E-state index in [4.69, 9.17) is 14.2 Å². The molecule has 2 saturated heterocycles. The highest BCUT2D eigenvalue weighted by Crippen LogP contribution is 2.18. The van der Waals surface area contributed by atoms with E-state index in [-0.39, 0.29) is 5.78 Å². The van der Waals surface area contributed by atoms with Crippen molar-refractivity contribution in [3.05, 3.63) is 41.6 Å². The Morgan fingerprint density at radius 2 is 1.67 bits per heavy atom. The Morgan fingerprint density at radius 1 is 1.04 bits per heavy atom. The van der Waals surface area contributed by atoms with Crippen molar-refractivity contribution in [2.24, 2.45) is 0 Å². The Bertz CT molecular complexity index is 618. The Morgan fingerprint density at radius 3 is 2.30 bits per heavy atom. The average Bonchev–Trinajstić information content (AvgIpc) is 2.74. The fraction of sp³-hybridized carbons (Fsp3) is 0.571. The molecule has 2 aliphatic rings. The zero-order valence-corrected chi connectivity index (χ0v) is 16.2. The number of morpholine rings is 2. The Kier molecular flexibility index (Phi) is 7.68. The van der Waals surface area contributed by atoms with Gasteiger partial charge in [0, 0.05) is 38.3 Å². The Hall–Kier alpha value is -1.89. The summed E-state index contributed by atoms with van der Waals surface area (Å²) >= 11 is 0. The van der Waals surface area contributed by atoms with E-state index in [9.17, 15) is 4.79 Å². The standard InChI is InChI=1S/C21H30N2O4/c1-2-20(23-11-16-26-17-12-23)21(24)18-4-6-19(7-5-18)27-13-3-8-22-9-14-25-15-10-22/h2,4-7H,3,8-17H2,1H3/b20-2-. The van der Waals surface area contributed by atoms with Gasteiger partial charge in [0.1, 0.15) is 5.75 Å². The molecular weight excluding hydrogens is 344 g/mol. The van der Waals surface area contributed by atoms with E-state index in [0.29, 0.717) is 25.4 Å². The number of nitrogens with zero attached hydrogens (tertiary/aromatic N) is 2. The van der Waals surface area contributed by atoms with Gasteiger partial charge in [-0.2, -0.15) is 0 Å². The maximum Gasteiger partial charge on any atom is 0.208 e. The molecule has 6 heteroatoms. The maximum absolute atomic E-state index is 12.8. The number of allylic oxidation sites excluding steroid dienone is 2. The molecule has 3 rings (SSSR count). The van der Waals surface area contributed by atoms with Crippen molar-refractivity contribution in [2.45, 2.75) is 13.3 Å². The SMILES string of the molecule is C/C=C(/C(=O)c1ccc(OCCCN2CCOCC2)cc1)N1CCOCC1. The number of carbonyl (C=O) groups is 1. The largest absolute Gasteiger partial charge is 0.494 e. The molecule has 0 saturated carbocycles. The molecule has 0 amide bonds. The number of hydrogen-bond acceptors (Lipinski definition) is 6. The van der Waals surface area contributed by atoms with Gasteiger partial charge in [0.05, 0.1) is 38.7 Å². The Labute approximate surface area is 161 Å². The molecule has 0 spiro atoms. The summed E-state index contributed by atoms with van der Waals surface area (Å²) in [5.74, 6) is 0.861. The normalized spacial score (nSPS) is 19.1. The van der Waals surface area contributed by atoms with E-state index in [0.717, 1.165) is 63.8 Å². The molecule has 0 bridgehead atoms. The average molecular weight is 374 g/mol. The number of ketones is 1. The summed E-state index contributed by atoms with van der Waals surface area (Å²) in [4.78, 5) is 17.3. The molecule has 1 aromatic rings. The molecule has 2 aliphatic heterocycles. The molecule has 0 radical (unpaired) electrons. The van der Waals surface area contributed by atoms with Gasteiger partial charge in [0.2, 0.25) is 5.78 Å². The molecular formula is C21H30N2O4. The van der Waals surface area contributed by atoms with Gasteiger partial charge in [-0.05, 0) is 37.6 Å². The molecule has 6 nitrogen and oxygen atoms in total. The van der Waals surface area contributed by atoms with Crippen LogP contribution < -0.4 is 4.74 Å². The first-order valence-electron chi connectivity index (χ1n) is 9.84. The van der Waals surface area contributed by atoms with Gasteiger partial charge in [-0.15, -0.1) is 0 Å². The zero-order chi connectivity index (χ0) is 18.9. The van der Waals surface area contributed by atoms with Crippen LogP contribution in [0.2, 0.25) is 0 Å². The van der Waals surface area contributed by atoms with Crippen LogP contribution in [0.15, 0.2) is 36.0 Å². The van der Waals surface area contributed by atoms with Gasteiger partial charge < -0.3 is 19.1 Å². The highest BCUT2D eigenvalue weighted by Gasteiger charge is 2.20. The Balaban J connectivity index is 1.46. The summed E-state index contributed by atoms with van der Waals surface area (Å²) in [5, 5.41) is 0. The second kappa shape index (κ2) is 10.4. The van der Waals surface area contributed by atoms with Crippen LogP contribution in [0.3, 0.4) is 0 Å². The predicted molar refractivity (Wildman–Crippen MR) is 104 cm³/mol. The number of hydrogen-bond donors (Lipinski definition) is 0. The molecule has 1 aromatic carbocycles. The van der Waals surface area contributed by atoms with E-state index in [1.54, 1.807) is 0 Å². The summed E-state index contributed by atoms with van der Waals surface area (Å²) < 4.78 is 16.6. The van der Waals surface area contributed by atoms with Gasteiger partial charge >= 0.3 is 0 Å². The topological polar surface area (TPSA) is 51.2 Å². The third kappa shape index (κ3) is 5.79. The molecule has 0 atom stereocenters. The van der Waals surface area contributed by atoms with Crippen molar-refractivity contribution < 1.29 is 19.0 Å². The van der Waals surface area contributed by atoms with Crippen LogP contribution in [-0.4, -0.2) is 81.3 Å². The van der Waals surface area contributed by atoms with Crippen LogP contribution in [0.25, 0.3) is 0 Å². The van der Waals surface area contributed by atoms with E-state index < -0.39 is 0 Å². The van der Waals surface area contributed by atoms with E-state index in [1.165, 1.54) is 0 Å². The first kappa shape index (κ1) is 19.9. The van der Waals surface area contributed by atoms with E-state index in [1.807, 2.05) is 37.3 Å². The number of carbonyl (C=O) groups excluding carboxylic acids is 1. The molecule has 27 heavy (non-hydrogen) atoms. The van der Waals surface area contributed by atoms with Crippen LogP contribution >= 0.6 is 0 Å². The molecule has 148 valence electrons. The highest BCUT2D eigenvalue weighted by atomic mass is 16.5. The number of Topliss-reactive ketones (excluding diaryl/α,β-unsaturated/α-hetero) is 1. The fourth-order valence-corrected chi connectivity index (χ4v) is 3.41. The number of benzene rings is 1. The minimum Gasteiger partial charge on any atom is -0.494 e. The first-order valence-corrected chi connectivity index (χ1v) is 9.84. The summed E-state index contributed by atoms with van der Waals surface area (Å²) in [5.41, 5.74) is 1.44. The maximum atomic E-state index is 12.8. The van der Waals surface area contributed by atoms with Crippen molar-refractivity contribution in [2.75, 3.05) is 65.8 Å². The third-order valence-electron chi connectivity index (χ3n) is 4.97. The third-order valence-corrected chi connectivity index (χ3v) is 4.97. The summed E-state index contributed by atoms with van der Waals surface area (Å²) in [6, 6.07) is 7.47. The van der Waals surface area contributed by atoms with Crippen LogP contribution in [-0.2, 0) is 9.47 Å². The minimum absolute atomic E-state index is 0.0540. The summed E-state index contributed by atoms with van der Waals surface area (Å²) in [6.07, 6.45) is 2.88. The zero-order valence-electron chi connectivity index (χ0n) is 16.2. The van der Waals surface area contributed by atoms with Gasteiger partial charge in [0.25, 0.3) is 0 Å². The van der Waals surface area contributed by atoms with Gasteiger partial charge in [0.15, 0.2) is 0 Å².